The number of unbranched alkanes of at least 4 members (excludes halogenated alkanes) is 14. The normalized spacial score (nSPS) is 15.5. The molecule has 1 saturated carbocycles. The maximum atomic E-state index is 12.2. The van der Waals surface area contributed by atoms with Crippen molar-refractivity contribution in [3.63, 3.8) is 0 Å². The first-order valence-corrected chi connectivity index (χ1v) is 13.6. The lowest BCUT2D eigenvalue weighted by Crippen LogP contribution is -2.43. The molecule has 1 unspecified atom stereocenters. The van der Waals surface area contributed by atoms with Gasteiger partial charge in [0.1, 0.15) is 6.04 Å². The van der Waals surface area contributed by atoms with Gasteiger partial charge in [0.05, 0.1) is 6.61 Å². The van der Waals surface area contributed by atoms with Crippen LogP contribution in [0.15, 0.2) is 0 Å². The molecule has 31 heavy (non-hydrogen) atoms. The van der Waals surface area contributed by atoms with Gasteiger partial charge in [-0.2, -0.15) is 0 Å². The highest BCUT2D eigenvalue weighted by atomic mass is 16.5. The van der Waals surface area contributed by atoms with Crippen LogP contribution in [0.2, 0.25) is 0 Å². The largest absolute Gasteiger partial charge is 0.464 e. The molecule has 1 fully saturated rings. The second kappa shape index (κ2) is 19.6. The van der Waals surface area contributed by atoms with Gasteiger partial charge in [0, 0.05) is 5.92 Å². The molecule has 0 saturated heterocycles. The van der Waals surface area contributed by atoms with Crippen molar-refractivity contribution in [2.75, 3.05) is 6.61 Å². The molecule has 1 atom stereocenters. The van der Waals surface area contributed by atoms with Crippen LogP contribution in [0, 0.1) is 5.92 Å². The number of nitrogens with one attached hydrogen (secondary N) is 1. The minimum absolute atomic E-state index is 0.0242. The Bertz CT molecular complexity index is 446. The van der Waals surface area contributed by atoms with Crippen molar-refractivity contribution < 1.29 is 14.3 Å². The highest BCUT2D eigenvalue weighted by Gasteiger charge is 2.24. The fraction of sp³-hybridized carbons (Fsp3) is 0.926. The van der Waals surface area contributed by atoms with Crippen LogP contribution in [-0.2, 0) is 14.3 Å². The Morgan fingerprint density at radius 1 is 0.742 bits per heavy atom. The minimum Gasteiger partial charge on any atom is -0.464 e. The standard InChI is InChI=1S/C27H51NO3/c1-3-4-5-6-7-8-9-10-11-12-13-14-15-16-20-23-31-27(30)24(2)28-26(29)25-21-18-17-19-22-25/h24-25H,3-23H2,1-2H3,(H,28,29). The van der Waals surface area contributed by atoms with Crippen LogP contribution in [0.3, 0.4) is 0 Å². The van der Waals surface area contributed by atoms with Crippen molar-refractivity contribution in [3.8, 4) is 0 Å². The Hall–Kier alpha value is -1.06. The lowest BCUT2D eigenvalue weighted by molar-refractivity contribution is -0.148. The summed E-state index contributed by atoms with van der Waals surface area (Å²) in [5.74, 6) is -0.190. The number of hydrogen-bond acceptors (Lipinski definition) is 3. The Balaban J connectivity index is 1.84. The summed E-state index contributed by atoms with van der Waals surface area (Å²) in [7, 11) is 0. The lowest BCUT2D eigenvalue weighted by atomic mass is 9.88. The SMILES string of the molecule is CCCCCCCCCCCCCCCCCOC(=O)C(C)NC(=O)C1CCCCC1. The summed E-state index contributed by atoms with van der Waals surface area (Å²) >= 11 is 0. The summed E-state index contributed by atoms with van der Waals surface area (Å²) in [5, 5.41) is 2.84. The molecular formula is C27H51NO3. The Morgan fingerprint density at radius 3 is 1.68 bits per heavy atom. The van der Waals surface area contributed by atoms with Gasteiger partial charge in [-0.15, -0.1) is 0 Å². The molecule has 0 spiro atoms. The Labute approximate surface area is 192 Å². The van der Waals surface area contributed by atoms with E-state index in [0.29, 0.717) is 6.61 Å². The van der Waals surface area contributed by atoms with Gasteiger partial charge in [-0.1, -0.05) is 116 Å². The van der Waals surface area contributed by atoms with Crippen molar-refractivity contribution in [2.45, 2.75) is 148 Å². The second-order valence-electron chi connectivity index (χ2n) is 9.68. The molecule has 1 rings (SSSR count). The molecule has 0 aromatic rings. The Kier molecular flexibility index (Phi) is 17.7. The summed E-state index contributed by atoms with van der Waals surface area (Å²) in [4.78, 5) is 24.3. The molecule has 0 heterocycles. The maximum Gasteiger partial charge on any atom is 0.328 e. The first-order valence-electron chi connectivity index (χ1n) is 13.6. The average molecular weight is 438 g/mol. The molecule has 0 aromatic carbocycles. The van der Waals surface area contributed by atoms with Crippen LogP contribution in [0.1, 0.15) is 142 Å². The molecule has 0 radical (unpaired) electrons. The van der Waals surface area contributed by atoms with Crippen molar-refractivity contribution in [1.82, 2.24) is 5.32 Å². The summed E-state index contributed by atoms with van der Waals surface area (Å²) in [6.45, 7) is 4.48. The molecule has 4 heteroatoms. The molecule has 1 amide bonds. The van der Waals surface area contributed by atoms with Gasteiger partial charge in [-0.05, 0) is 26.2 Å². The number of hydrogen-bond donors (Lipinski definition) is 1. The van der Waals surface area contributed by atoms with Crippen molar-refractivity contribution in [2.24, 2.45) is 5.92 Å². The van der Waals surface area contributed by atoms with E-state index in [1.54, 1.807) is 6.92 Å². The van der Waals surface area contributed by atoms with E-state index in [1.165, 1.54) is 89.9 Å². The lowest BCUT2D eigenvalue weighted by Gasteiger charge is -2.22. The number of amides is 1. The minimum atomic E-state index is -0.536. The van der Waals surface area contributed by atoms with Crippen molar-refractivity contribution in [3.05, 3.63) is 0 Å². The molecule has 0 bridgehead atoms. The molecule has 182 valence electrons. The van der Waals surface area contributed by atoms with Crippen LogP contribution < -0.4 is 5.32 Å². The number of carbonyl (C=O) groups is 2. The van der Waals surface area contributed by atoms with Crippen molar-refractivity contribution in [1.29, 1.82) is 0 Å². The number of esters is 1. The second-order valence-corrected chi connectivity index (χ2v) is 9.68. The van der Waals surface area contributed by atoms with Gasteiger partial charge in [0.15, 0.2) is 0 Å². The third-order valence-electron chi connectivity index (χ3n) is 6.68. The fourth-order valence-electron chi connectivity index (χ4n) is 4.53. The van der Waals surface area contributed by atoms with E-state index in [-0.39, 0.29) is 17.8 Å². The van der Waals surface area contributed by atoms with E-state index >= 15 is 0 Å². The number of carbonyl (C=O) groups excluding carboxylic acids is 2. The van der Waals surface area contributed by atoms with Crippen LogP contribution >= 0.6 is 0 Å². The number of rotatable bonds is 19. The van der Waals surface area contributed by atoms with E-state index in [9.17, 15) is 9.59 Å². The van der Waals surface area contributed by atoms with Gasteiger partial charge in [0.25, 0.3) is 0 Å². The molecule has 0 aromatic heterocycles. The van der Waals surface area contributed by atoms with E-state index in [0.717, 1.165) is 38.5 Å². The fourth-order valence-corrected chi connectivity index (χ4v) is 4.53. The van der Waals surface area contributed by atoms with Crippen molar-refractivity contribution >= 4 is 11.9 Å². The van der Waals surface area contributed by atoms with E-state index in [2.05, 4.69) is 12.2 Å². The monoisotopic (exact) mass is 437 g/mol. The zero-order valence-electron chi connectivity index (χ0n) is 20.7. The Morgan fingerprint density at radius 2 is 1.19 bits per heavy atom. The highest BCUT2D eigenvalue weighted by molar-refractivity contribution is 5.85. The summed E-state index contributed by atoms with van der Waals surface area (Å²) in [6, 6.07) is -0.536. The molecule has 4 nitrogen and oxygen atoms in total. The average Bonchev–Trinajstić information content (AvgIpc) is 2.79. The predicted octanol–water partition coefficient (Wildman–Crippen LogP) is 7.49. The number of ether oxygens (including phenoxy) is 1. The summed E-state index contributed by atoms with van der Waals surface area (Å²) < 4.78 is 5.35. The molecule has 1 aliphatic rings. The van der Waals surface area contributed by atoms with Crippen LogP contribution in [0.4, 0.5) is 0 Å². The highest BCUT2D eigenvalue weighted by Crippen LogP contribution is 2.23. The third-order valence-corrected chi connectivity index (χ3v) is 6.68. The predicted molar refractivity (Wildman–Crippen MR) is 130 cm³/mol. The molecular weight excluding hydrogens is 386 g/mol. The summed E-state index contributed by atoms with van der Waals surface area (Å²) in [6.07, 6.45) is 25.3. The molecule has 0 aliphatic heterocycles. The van der Waals surface area contributed by atoms with Gasteiger partial charge >= 0.3 is 5.97 Å². The van der Waals surface area contributed by atoms with E-state index in [4.69, 9.17) is 4.74 Å². The van der Waals surface area contributed by atoms with E-state index in [1.807, 2.05) is 0 Å². The van der Waals surface area contributed by atoms with Crippen LogP contribution in [-0.4, -0.2) is 24.5 Å². The van der Waals surface area contributed by atoms with Gasteiger partial charge in [0.2, 0.25) is 5.91 Å². The smallest absolute Gasteiger partial charge is 0.328 e. The maximum absolute atomic E-state index is 12.2. The van der Waals surface area contributed by atoms with Gasteiger partial charge < -0.3 is 10.1 Å². The van der Waals surface area contributed by atoms with Gasteiger partial charge in [-0.25, -0.2) is 4.79 Å². The van der Waals surface area contributed by atoms with E-state index < -0.39 is 6.04 Å². The first-order chi connectivity index (χ1) is 15.1. The zero-order chi connectivity index (χ0) is 22.6. The van der Waals surface area contributed by atoms with Crippen LogP contribution in [0.5, 0.6) is 0 Å². The molecule has 1 aliphatic carbocycles. The first kappa shape index (κ1) is 28.0. The quantitative estimate of drug-likeness (QED) is 0.168. The molecule has 1 N–H and O–H groups in total. The summed E-state index contributed by atoms with van der Waals surface area (Å²) in [5.41, 5.74) is 0. The van der Waals surface area contributed by atoms with Gasteiger partial charge in [-0.3, -0.25) is 4.79 Å². The zero-order valence-corrected chi connectivity index (χ0v) is 20.7. The third kappa shape index (κ3) is 15.4. The topological polar surface area (TPSA) is 55.4 Å². The van der Waals surface area contributed by atoms with Crippen LogP contribution in [0.25, 0.3) is 0 Å².